The van der Waals surface area contributed by atoms with Crippen molar-refractivity contribution in [2.45, 2.75) is 6.92 Å². The molecule has 8 aromatic rings. The molecular formula is C38H26N2O. The second-order valence-electron chi connectivity index (χ2n) is 10.4. The first-order valence-electron chi connectivity index (χ1n) is 13.9. The van der Waals surface area contributed by atoms with Crippen molar-refractivity contribution in [1.82, 2.24) is 8.80 Å². The molecule has 0 aliphatic carbocycles. The van der Waals surface area contributed by atoms with E-state index in [0.717, 1.165) is 66.2 Å². The molecule has 0 N–H and O–H groups in total. The summed E-state index contributed by atoms with van der Waals surface area (Å²) in [6.07, 6.45) is 6.00. The van der Waals surface area contributed by atoms with E-state index in [0.29, 0.717) is 5.39 Å². The molecule has 0 atom stereocenters. The number of hydrogen-bond acceptors (Lipinski definition) is 1. The van der Waals surface area contributed by atoms with Crippen LogP contribution < -0.4 is 5.56 Å². The quantitative estimate of drug-likeness (QED) is 0.224. The van der Waals surface area contributed by atoms with Crippen LogP contribution in [0.4, 0.5) is 0 Å². The van der Waals surface area contributed by atoms with Gasteiger partial charge in [-0.25, -0.2) is 0 Å². The van der Waals surface area contributed by atoms with Gasteiger partial charge in [0, 0.05) is 32.8 Å². The van der Waals surface area contributed by atoms with E-state index >= 15 is 0 Å². The summed E-state index contributed by atoms with van der Waals surface area (Å²) >= 11 is 0. The zero-order valence-electron chi connectivity index (χ0n) is 22.6. The normalized spacial score (nSPS) is 12.1. The molecule has 0 amide bonds. The summed E-state index contributed by atoms with van der Waals surface area (Å²) in [6, 6.07) is 37.7. The summed E-state index contributed by atoms with van der Waals surface area (Å²) in [4.78, 5) is 14.6. The highest BCUT2D eigenvalue weighted by Crippen LogP contribution is 2.50. The van der Waals surface area contributed by atoms with Crippen molar-refractivity contribution in [3.8, 4) is 22.3 Å². The molecule has 0 saturated heterocycles. The Balaban J connectivity index is 1.88. The number of aromatic nitrogens is 2. The number of fused-ring (bicyclic) bond motifs is 5. The summed E-state index contributed by atoms with van der Waals surface area (Å²) in [7, 11) is 0. The van der Waals surface area contributed by atoms with Gasteiger partial charge >= 0.3 is 0 Å². The second-order valence-corrected chi connectivity index (χ2v) is 10.4. The minimum Gasteiger partial charge on any atom is -0.306 e. The third kappa shape index (κ3) is 3.06. The predicted molar refractivity (Wildman–Crippen MR) is 174 cm³/mol. The van der Waals surface area contributed by atoms with Gasteiger partial charge in [-0.1, -0.05) is 110 Å². The summed E-state index contributed by atoms with van der Waals surface area (Å²) in [5, 5.41) is 4.02. The minimum absolute atomic E-state index is 0.0446. The third-order valence-electron chi connectivity index (χ3n) is 8.33. The fraction of sp³-hybridized carbons (Fsp3) is 0.0263. The first-order valence-corrected chi connectivity index (χ1v) is 13.9. The molecule has 3 heteroatoms. The Morgan fingerprint density at radius 1 is 0.610 bits per heavy atom. The monoisotopic (exact) mass is 526 g/mol. The van der Waals surface area contributed by atoms with E-state index in [2.05, 4.69) is 108 Å². The van der Waals surface area contributed by atoms with Crippen molar-refractivity contribution >= 4 is 55.8 Å². The van der Waals surface area contributed by atoms with E-state index < -0.39 is 0 Å². The van der Waals surface area contributed by atoms with Gasteiger partial charge in [0.1, 0.15) is 0 Å². The third-order valence-corrected chi connectivity index (χ3v) is 8.33. The van der Waals surface area contributed by atoms with Crippen molar-refractivity contribution in [2.24, 2.45) is 0 Å². The van der Waals surface area contributed by atoms with Gasteiger partial charge < -0.3 is 4.40 Å². The van der Waals surface area contributed by atoms with Crippen molar-refractivity contribution < 1.29 is 0 Å². The van der Waals surface area contributed by atoms with Crippen LogP contribution in [0.25, 0.3) is 78.0 Å². The number of rotatable bonds is 4. The highest BCUT2D eigenvalue weighted by molar-refractivity contribution is 6.30. The average Bonchev–Trinajstić information content (AvgIpc) is 3.50. The Kier molecular flexibility index (Phi) is 5.04. The molecule has 0 unspecified atom stereocenters. The van der Waals surface area contributed by atoms with Crippen molar-refractivity contribution in [1.29, 1.82) is 0 Å². The molecule has 0 aliphatic rings. The van der Waals surface area contributed by atoms with Crippen LogP contribution in [0, 0.1) is 0 Å². The molecule has 3 heterocycles. The molecule has 0 bridgehead atoms. The lowest BCUT2D eigenvalue weighted by molar-refractivity contribution is 1.14. The summed E-state index contributed by atoms with van der Waals surface area (Å²) < 4.78 is 4.21. The maximum Gasteiger partial charge on any atom is 0.265 e. The van der Waals surface area contributed by atoms with Crippen LogP contribution in [-0.2, 0) is 0 Å². The molecule has 41 heavy (non-hydrogen) atoms. The van der Waals surface area contributed by atoms with Crippen LogP contribution in [0.2, 0.25) is 0 Å². The van der Waals surface area contributed by atoms with Crippen LogP contribution in [0.5, 0.6) is 0 Å². The van der Waals surface area contributed by atoms with Gasteiger partial charge in [-0.15, -0.1) is 0 Å². The Morgan fingerprint density at radius 2 is 1.12 bits per heavy atom. The van der Waals surface area contributed by atoms with E-state index in [1.165, 1.54) is 5.56 Å². The molecule has 8 rings (SSSR count). The van der Waals surface area contributed by atoms with Crippen LogP contribution in [0.1, 0.15) is 18.2 Å². The molecule has 0 aliphatic heterocycles. The molecule has 0 radical (unpaired) electrons. The molecule has 3 aromatic heterocycles. The highest BCUT2D eigenvalue weighted by Gasteiger charge is 2.29. The summed E-state index contributed by atoms with van der Waals surface area (Å²) in [5.74, 6) is 0. The van der Waals surface area contributed by atoms with E-state index in [1.54, 1.807) is 0 Å². The summed E-state index contributed by atoms with van der Waals surface area (Å²) in [6.45, 7) is 6.23. The Hall–Kier alpha value is -5.41. The SMILES string of the molecule is C=Cc1c(/C=C\C)c2c(-c3ccccc3)c(-c3ccccc3)c3c4ccccc4n4c5ccccc5c(=O)n1c2c34. The van der Waals surface area contributed by atoms with E-state index in [4.69, 9.17) is 0 Å². The number of hydrogen-bond donors (Lipinski definition) is 0. The Labute approximate surface area is 236 Å². The smallest absolute Gasteiger partial charge is 0.265 e. The molecule has 3 nitrogen and oxygen atoms in total. The second kappa shape index (κ2) is 8.80. The number of para-hydroxylation sites is 2. The van der Waals surface area contributed by atoms with Crippen LogP contribution in [0.15, 0.2) is 127 Å². The molecule has 0 fully saturated rings. The number of benzene rings is 5. The maximum absolute atomic E-state index is 14.6. The molecule has 0 spiro atoms. The standard InChI is InChI=1S/C38H26N2O/c1-3-15-26-29(4-2)40-37-34(26)32(24-16-7-5-8-17-24)33(25-18-9-6-10-19-25)35-27-20-11-13-22-30(27)39(36(35)37)31-23-14-12-21-28(31)38(40)41/h3-23H,2H2,1H3/b15-3-. The Bertz CT molecular complexity index is 2390. The van der Waals surface area contributed by atoms with Crippen molar-refractivity contribution in [2.75, 3.05) is 0 Å². The fourth-order valence-electron chi connectivity index (χ4n) is 6.81. The van der Waals surface area contributed by atoms with Gasteiger partial charge in [-0.3, -0.25) is 9.20 Å². The first-order chi connectivity index (χ1) is 20.2. The first kappa shape index (κ1) is 23.5. The van der Waals surface area contributed by atoms with E-state index in [-0.39, 0.29) is 5.56 Å². The topological polar surface area (TPSA) is 25.9 Å². The number of nitrogens with zero attached hydrogens (tertiary/aromatic N) is 2. The Morgan fingerprint density at radius 3 is 1.73 bits per heavy atom. The van der Waals surface area contributed by atoms with Crippen LogP contribution in [-0.4, -0.2) is 8.80 Å². The molecule has 5 aromatic carbocycles. The minimum atomic E-state index is -0.0446. The fourth-order valence-corrected chi connectivity index (χ4v) is 6.81. The largest absolute Gasteiger partial charge is 0.306 e. The van der Waals surface area contributed by atoms with Crippen molar-refractivity contribution in [3.63, 3.8) is 0 Å². The lowest BCUT2D eigenvalue weighted by Gasteiger charge is -2.16. The maximum atomic E-state index is 14.6. The van der Waals surface area contributed by atoms with Gasteiger partial charge in [-0.05, 0) is 42.3 Å². The lowest BCUT2D eigenvalue weighted by Crippen LogP contribution is -2.11. The molecule has 0 saturated carbocycles. The van der Waals surface area contributed by atoms with Gasteiger partial charge in [0.15, 0.2) is 0 Å². The molecule has 194 valence electrons. The van der Waals surface area contributed by atoms with Gasteiger partial charge in [0.25, 0.3) is 5.56 Å². The zero-order chi connectivity index (χ0) is 27.7. The van der Waals surface area contributed by atoms with Gasteiger partial charge in [0.05, 0.1) is 33.1 Å². The zero-order valence-corrected chi connectivity index (χ0v) is 22.6. The van der Waals surface area contributed by atoms with Crippen molar-refractivity contribution in [3.05, 3.63) is 143 Å². The van der Waals surface area contributed by atoms with Gasteiger partial charge in [0.2, 0.25) is 0 Å². The van der Waals surface area contributed by atoms with Gasteiger partial charge in [-0.2, -0.15) is 0 Å². The van der Waals surface area contributed by atoms with E-state index in [1.807, 2.05) is 41.7 Å². The number of allylic oxidation sites excluding steroid dienone is 1. The van der Waals surface area contributed by atoms with E-state index in [9.17, 15) is 4.79 Å². The lowest BCUT2D eigenvalue weighted by atomic mass is 9.86. The predicted octanol–water partition coefficient (Wildman–Crippen LogP) is 9.46. The van der Waals surface area contributed by atoms with Crippen LogP contribution in [0.3, 0.4) is 0 Å². The van der Waals surface area contributed by atoms with Crippen LogP contribution >= 0.6 is 0 Å². The molecular weight excluding hydrogens is 500 g/mol. The highest BCUT2D eigenvalue weighted by atomic mass is 16.1. The average molecular weight is 527 g/mol. The summed E-state index contributed by atoms with van der Waals surface area (Å²) in [5.41, 5.74) is 10.2.